The molecule has 15 heavy (non-hydrogen) atoms. The maximum Gasteiger partial charge on any atom is 0.236 e. The van der Waals surface area contributed by atoms with Crippen LogP contribution in [0.2, 0.25) is 0 Å². The van der Waals surface area contributed by atoms with Gasteiger partial charge in [-0.15, -0.1) is 30.3 Å². The second-order valence-corrected chi connectivity index (χ2v) is 3.88. The number of hydrogen-bond donors (Lipinski definition) is 1. The van der Waals surface area contributed by atoms with Crippen LogP contribution >= 0.6 is 23.7 Å². The number of halogens is 1. The highest BCUT2D eigenvalue weighted by Gasteiger charge is 2.10. The second kappa shape index (κ2) is 7.45. The molecule has 1 rings (SSSR count). The van der Waals surface area contributed by atoms with E-state index in [0.717, 1.165) is 4.88 Å². The molecule has 0 aliphatic heterocycles. The summed E-state index contributed by atoms with van der Waals surface area (Å²) in [5.41, 5.74) is 5.31. The molecule has 0 fully saturated rings. The van der Waals surface area contributed by atoms with Crippen molar-refractivity contribution in [3.8, 4) is 0 Å². The fraction of sp³-hybridized carbons (Fsp3) is 0.300. The van der Waals surface area contributed by atoms with E-state index in [1.165, 1.54) is 0 Å². The van der Waals surface area contributed by atoms with E-state index in [9.17, 15) is 4.79 Å². The first-order chi connectivity index (χ1) is 6.77. The summed E-state index contributed by atoms with van der Waals surface area (Å²) in [6, 6.07) is 3.98. The molecular formula is C10H15ClN2OS. The Morgan fingerprint density at radius 2 is 2.40 bits per heavy atom. The molecule has 0 aliphatic carbocycles. The van der Waals surface area contributed by atoms with Crippen molar-refractivity contribution in [2.24, 2.45) is 5.73 Å². The first kappa shape index (κ1) is 14.2. The van der Waals surface area contributed by atoms with Gasteiger partial charge in [-0.3, -0.25) is 4.79 Å². The standard InChI is InChI=1S/C10H14N2OS.ClH/c1-2-5-12(10(13)7-11)8-9-4-3-6-14-9;/h2-4,6H,1,5,7-8,11H2;1H. The van der Waals surface area contributed by atoms with Crippen molar-refractivity contribution in [2.45, 2.75) is 6.54 Å². The fourth-order valence-electron chi connectivity index (χ4n) is 1.13. The Balaban J connectivity index is 0.00000196. The normalized spacial score (nSPS) is 9.13. The molecule has 0 aromatic carbocycles. The lowest BCUT2D eigenvalue weighted by Gasteiger charge is -2.19. The van der Waals surface area contributed by atoms with E-state index >= 15 is 0 Å². The van der Waals surface area contributed by atoms with Gasteiger partial charge < -0.3 is 10.6 Å². The van der Waals surface area contributed by atoms with Crippen LogP contribution in [-0.2, 0) is 11.3 Å². The molecule has 3 nitrogen and oxygen atoms in total. The van der Waals surface area contributed by atoms with Gasteiger partial charge in [-0.2, -0.15) is 0 Å². The van der Waals surface area contributed by atoms with E-state index in [-0.39, 0.29) is 24.9 Å². The zero-order chi connectivity index (χ0) is 10.4. The summed E-state index contributed by atoms with van der Waals surface area (Å²) in [5, 5.41) is 1.99. The fourth-order valence-corrected chi connectivity index (χ4v) is 1.85. The highest BCUT2D eigenvalue weighted by Crippen LogP contribution is 2.11. The number of thiophene rings is 1. The van der Waals surface area contributed by atoms with Crippen molar-refractivity contribution < 1.29 is 4.79 Å². The Morgan fingerprint density at radius 1 is 1.67 bits per heavy atom. The van der Waals surface area contributed by atoms with Crippen LogP contribution in [-0.4, -0.2) is 23.9 Å². The van der Waals surface area contributed by atoms with Crippen molar-refractivity contribution in [2.75, 3.05) is 13.1 Å². The van der Waals surface area contributed by atoms with E-state index in [4.69, 9.17) is 5.73 Å². The van der Waals surface area contributed by atoms with E-state index in [1.54, 1.807) is 22.3 Å². The smallest absolute Gasteiger partial charge is 0.236 e. The molecule has 1 amide bonds. The van der Waals surface area contributed by atoms with Gasteiger partial charge >= 0.3 is 0 Å². The van der Waals surface area contributed by atoms with Crippen molar-refractivity contribution in [3.05, 3.63) is 35.0 Å². The Kier molecular flexibility index (Phi) is 7.03. The van der Waals surface area contributed by atoms with Crippen LogP contribution in [0.15, 0.2) is 30.2 Å². The molecule has 0 atom stereocenters. The van der Waals surface area contributed by atoms with E-state index in [1.807, 2.05) is 17.5 Å². The number of carbonyl (C=O) groups excluding carboxylic acids is 1. The van der Waals surface area contributed by atoms with Crippen LogP contribution in [0.3, 0.4) is 0 Å². The van der Waals surface area contributed by atoms with Gasteiger partial charge in [0.05, 0.1) is 13.1 Å². The van der Waals surface area contributed by atoms with E-state index in [2.05, 4.69) is 6.58 Å². The van der Waals surface area contributed by atoms with Crippen LogP contribution < -0.4 is 5.73 Å². The highest BCUT2D eigenvalue weighted by molar-refractivity contribution is 7.09. The summed E-state index contributed by atoms with van der Waals surface area (Å²) in [7, 11) is 0. The van der Waals surface area contributed by atoms with Crippen molar-refractivity contribution >= 4 is 29.7 Å². The van der Waals surface area contributed by atoms with Gasteiger partial charge in [0.15, 0.2) is 0 Å². The van der Waals surface area contributed by atoms with Crippen LogP contribution in [0.5, 0.6) is 0 Å². The zero-order valence-corrected chi connectivity index (χ0v) is 10.0. The lowest BCUT2D eigenvalue weighted by Crippen LogP contribution is -2.35. The van der Waals surface area contributed by atoms with Gasteiger partial charge in [-0.25, -0.2) is 0 Å². The molecule has 1 heterocycles. The van der Waals surface area contributed by atoms with Crippen LogP contribution in [0.25, 0.3) is 0 Å². The molecule has 1 aromatic heterocycles. The molecular weight excluding hydrogens is 232 g/mol. The highest BCUT2D eigenvalue weighted by atomic mass is 35.5. The molecule has 0 bridgehead atoms. The molecule has 2 N–H and O–H groups in total. The largest absolute Gasteiger partial charge is 0.333 e. The molecule has 0 spiro atoms. The number of carbonyl (C=O) groups is 1. The van der Waals surface area contributed by atoms with E-state index < -0.39 is 0 Å². The zero-order valence-electron chi connectivity index (χ0n) is 8.39. The second-order valence-electron chi connectivity index (χ2n) is 2.85. The third-order valence-electron chi connectivity index (χ3n) is 1.80. The predicted octanol–water partition coefficient (Wildman–Crippen LogP) is 1.64. The topological polar surface area (TPSA) is 46.3 Å². The van der Waals surface area contributed by atoms with Crippen molar-refractivity contribution in [1.82, 2.24) is 4.90 Å². The Bertz CT molecular complexity index is 300. The maximum absolute atomic E-state index is 11.4. The minimum atomic E-state index is -0.0432. The average Bonchev–Trinajstić information content (AvgIpc) is 2.68. The number of nitrogens with zero attached hydrogens (tertiary/aromatic N) is 1. The first-order valence-electron chi connectivity index (χ1n) is 4.39. The van der Waals surface area contributed by atoms with Gasteiger partial charge in [-0.1, -0.05) is 12.1 Å². The monoisotopic (exact) mass is 246 g/mol. The molecule has 5 heteroatoms. The summed E-state index contributed by atoms with van der Waals surface area (Å²) in [6.07, 6.45) is 1.71. The Labute approximate surface area is 100.0 Å². The third-order valence-corrected chi connectivity index (χ3v) is 2.66. The van der Waals surface area contributed by atoms with E-state index in [0.29, 0.717) is 13.1 Å². The molecule has 0 unspecified atom stereocenters. The molecule has 84 valence electrons. The molecule has 0 saturated carbocycles. The third kappa shape index (κ3) is 4.46. The molecule has 0 saturated heterocycles. The van der Waals surface area contributed by atoms with Gasteiger partial charge in [0.25, 0.3) is 0 Å². The van der Waals surface area contributed by atoms with Gasteiger partial charge in [0.2, 0.25) is 5.91 Å². The van der Waals surface area contributed by atoms with Crippen LogP contribution in [0.1, 0.15) is 4.88 Å². The van der Waals surface area contributed by atoms with Crippen molar-refractivity contribution in [1.29, 1.82) is 0 Å². The maximum atomic E-state index is 11.4. The van der Waals surface area contributed by atoms with Gasteiger partial charge in [-0.05, 0) is 11.4 Å². The number of nitrogens with two attached hydrogens (primary N) is 1. The van der Waals surface area contributed by atoms with Crippen molar-refractivity contribution in [3.63, 3.8) is 0 Å². The molecule has 0 aliphatic rings. The first-order valence-corrected chi connectivity index (χ1v) is 5.27. The summed E-state index contributed by atoms with van der Waals surface area (Å²) in [6.45, 7) is 4.84. The van der Waals surface area contributed by atoms with Gasteiger partial charge in [0.1, 0.15) is 0 Å². The number of hydrogen-bond acceptors (Lipinski definition) is 3. The van der Waals surface area contributed by atoms with Crippen LogP contribution in [0, 0.1) is 0 Å². The quantitative estimate of drug-likeness (QED) is 0.803. The van der Waals surface area contributed by atoms with Crippen LogP contribution in [0.4, 0.5) is 0 Å². The van der Waals surface area contributed by atoms with Gasteiger partial charge in [0, 0.05) is 11.4 Å². The lowest BCUT2D eigenvalue weighted by atomic mass is 10.4. The number of rotatable bonds is 5. The summed E-state index contributed by atoms with van der Waals surface area (Å²) in [5.74, 6) is -0.0432. The number of amides is 1. The minimum absolute atomic E-state index is 0. The summed E-state index contributed by atoms with van der Waals surface area (Å²) in [4.78, 5) is 14.2. The average molecular weight is 247 g/mol. The molecule has 0 radical (unpaired) electrons. The summed E-state index contributed by atoms with van der Waals surface area (Å²) >= 11 is 1.64. The molecule has 1 aromatic rings. The predicted molar refractivity (Wildman–Crippen MR) is 66.2 cm³/mol. The SMILES string of the molecule is C=CCN(Cc1cccs1)C(=O)CN.Cl. The Hall–Kier alpha value is -0.840. The summed E-state index contributed by atoms with van der Waals surface area (Å²) < 4.78 is 0. The Morgan fingerprint density at radius 3 is 2.87 bits per heavy atom. The lowest BCUT2D eigenvalue weighted by molar-refractivity contribution is -0.129. The minimum Gasteiger partial charge on any atom is -0.333 e.